The Labute approximate surface area is 172 Å². The molecule has 3 aromatic carbocycles. The van der Waals surface area contributed by atoms with Crippen molar-refractivity contribution < 1.29 is 24.2 Å². The molecule has 0 radical (unpaired) electrons. The molecule has 0 heterocycles. The Morgan fingerprint density at radius 1 is 1.00 bits per heavy atom. The van der Waals surface area contributed by atoms with Crippen LogP contribution in [0.15, 0.2) is 72.8 Å². The number of esters is 1. The van der Waals surface area contributed by atoms with Crippen molar-refractivity contribution in [3.8, 4) is 11.5 Å². The lowest BCUT2D eigenvalue weighted by Crippen LogP contribution is -2.26. The van der Waals surface area contributed by atoms with Crippen LogP contribution in [0.1, 0.15) is 22.0 Å². The molecule has 3 rings (SSSR count). The van der Waals surface area contributed by atoms with Gasteiger partial charge >= 0.3 is 5.97 Å². The molecule has 6 nitrogen and oxygen atoms in total. The second kappa shape index (κ2) is 9.12. The van der Waals surface area contributed by atoms with Crippen LogP contribution in [-0.4, -0.2) is 24.1 Å². The zero-order valence-electron chi connectivity index (χ0n) is 15.5. The number of hydrogen-bond acceptors (Lipinski definition) is 5. The Hall–Kier alpha value is -3.51. The van der Waals surface area contributed by atoms with Crippen molar-refractivity contribution in [3.63, 3.8) is 0 Å². The molecule has 7 heteroatoms. The quantitative estimate of drug-likeness (QED) is 0.579. The number of nitrogens with one attached hydrogen (secondary N) is 1. The molecule has 29 heavy (non-hydrogen) atoms. The van der Waals surface area contributed by atoms with Gasteiger partial charge in [0.05, 0.1) is 17.7 Å². The summed E-state index contributed by atoms with van der Waals surface area (Å²) in [6.45, 7) is 0. The van der Waals surface area contributed by atoms with Crippen LogP contribution in [0.2, 0.25) is 5.02 Å². The summed E-state index contributed by atoms with van der Waals surface area (Å²) in [7, 11) is 1.49. The SMILES string of the molecule is COc1ccc(NC(=O)[C@H](OC(=O)c2ccc(O)cc2)c2ccccc2)cc1Cl. The maximum absolute atomic E-state index is 12.9. The van der Waals surface area contributed by atoms with E-state index in [4.69, 9.17) is 21.1 Å². The summed E-state index contributed by atoms with van der Waals surface area (Å²) >= 11 is 6.10. The van der Waals surface area contributed by atoms with E-state index in [1.807, 2.05) is 0 Å². The van der Waals surface area contributed by atoms with Gasteiger partial charge in [-0.25, -0.2) is 4.79 Å². The number of rotatable bonds is 6. The van der Waals surface area contributed by atoms with Gasteiger partial charge in [-0.15, -0.1) is 0 Å². The Balaban J connectivity index is 1.83. The Morgan fingerprint density at radius 2 is 1.69 bits per heavy atom. The molecule has 0 bridgehead atoms. The number of methoxy groups -OCH3 is 1. The minimum Gasteiger partial charge on any atom is -0.508 e. The van der Waals surface area contributed by atoms with E-state index >= 15 is 0 Å². The lowest BCUT2D eigenvalue weighted by molar-refractivity contribution is -0.125. The molecule has 0 spiro atoms. The van der Waals surface area contributed by atoms with Crippen molar-refractivity contribution in [1.29, 1.82) is 0 Å². The van der Waals surface area contributed by atoms with Crippen molar-refractivity contribution in [1.82, 2.24) is 0 Å². The highest BCUT2D eigenvalue weighted by Crippen LogP contribution is 2.28. The van der Waals surface area contributed by atoms with Gasteiger partial charge in [-0.05, 0) is 42.5 Å². The Morgan fingerprint density at radius 3 is 2.31 bits per heavy atom. The number of benzene rings is 3. The molecule has 3 aromatic rings. The first-order valence-electron chi connectivity index (χ1n) is 8.67. The van der Waals surface area contributed by atoms with E-state index in [0.717, 1.165) is 0 Å². The fourth-order valence-electron chi connectivity index (χ4n) is 2.63. The zero-order valence-corrected chi connectivity index (χ0v) is 16.2. The molecule has 1 atom stereocenters. The first-order chi connectivity index (χ1) is 14.0. The van der Waals surface area contributed by atoms with Gasteiger partial charge in [0.2, 0.25) is 6.10 Å². The van der Waals surface area contributed by atoms with Crippen LogP contribution in [-0.2, 0) is 9.53 Å². The van der Waals surface area contributed by atoms with E-state index in [2.05, 4.69) is 5.32 Å². The van der Waals surface area contributed by atoms with Crippen molar-refractivity contribution in [3.05, 3.63) is 88.9 Å². The number of hydrogen-bond donors (Lipinski definition) is 2. The van der Waals surface area contributed by atoms with E-state index in [9.17, 15) is 14.7 Å². The molecular formula is C22H18ClNO5. The number of carbonyl (C=O) groups is 2. The highest BCUT2D eigenvalue weighted by atomic mass is 35.5. The third kappa shape index (κ3) is 5.06. The molecule has 2 N–H and O–H groups in total. The fraction of sp³-hybridized carbons (Fsp3) is 0.0909. The number of halogens is 1. The van der Waals surface area contributed by atoms with Crippen LogP contribution < -0.4 is 10.1 Å². The summed E-state index contributed by atoms with van der Waals surface area (Å²) < 4.78 is 10.6. The average molecular weight is 412 g/mol. The van der Waals surface area contributed by atoms with Gasteiger partial charge in [-0.1, -0.05) is 41.9 Å². The summed E-state index contributed by atoms with van der Waals surface area (Å²) in [6, 6.07) is 19.0. The van der Waals surface area contributed by atoms with E-state index in [1.165, 1.54) is 31.4 Å². The van der Waals surface area contributed by atoms with Crippen LogP contribution >= 0.6 is 11.6 Å². The summed E-state index contributed by atoms with van der Waals surface area (Å²) in [5, 5.41) is 12.4. The van der Waals surface area contributed by atoms with Crippen molar-refractivity contribution in [2.75, 3.05) is 12.4 Å². The van der Waals surface area contributed by atoms with Crippen molar-refractivity contribution in [2.24, 2.45) is 0 Å². The van der Waals surface area contributed by atoms with Crippen LogP contribution in [0.3, 0.4) is 0 Å². The first kappa shape index (κ1) is 20.2. The maximum atomic E-state index is 12.9. The molecule has 0 saturated carbocycles. The number of ether oxygens (including phenoxy) is 2. The van der Waals surface area contributed by atoms with E-state index < -0.39 is 18.0 Å². The van der Waals surface area contributed by atoms with Gasteiger partial charge in [0.25, 0.3) is 5.91 Å². The number of amides is 1. The minimum absolute atomic E-state index is 0.0234. The molecule has 148 valence electrons. The minimum atomic E-state index is -1.18. The van der Waals surface area contributed by atoms with Gasteiger partial charge in [0.1, 0.15) is 11.5 Å². The number of phenols is 1. The standard InChI is InChI=1S/C22H18ClNO5/c1-28-19-12-9-16(13-18(19)23)24-21(26)20(14-5-3-2-4-6-14)29-22(27)15-7-10-17(25)11-8-15/h2-13,20,25H,1H3,(H,24,26)/t20-/m1/s1. The van der Waals surface area contributed by atoms with Gasteiger partial charge in [0.15, 0.2) is 0 Å². The van der Waals surface area contributed by atoms with Crippen LogP contribution in [0.25, 0.3) is 0 Å². The summed E-state index contributed by atoms with van der Waals surface area (Å²) in [5.74, 6) is -0.732. The topological polar surface area (TPSA) is 84.9 Å². The lowest BCUT2D eigenvalue weighted by Gasteiger charge is -2.18. The predicted octanol–water partition coefficient (Wildman–Crippen LogP) is 4.59. The van der Waals surface area contributed by atoms with Crippen molar-refractivity contribution >= 4 is 29.2 Å². The zero-order chi connectivity index (χ0) is 20.8. The molecule has 0 aliphatic heterocycles. The number of carbonyl (C=O) groups excluding carboxylic acids is 2. The first-order valence-corrected chi connectivity index (χ1v) is 9.05. The fourth-order valence-corrected chi connectivity index (χ4v) is 2.88. The maximum Gasteiger partial charge on any atom is 0.339 e. The molecule has 0 aliphatic rings. The summed E-state index contributed by atoms with van der Waals surface area (Å²) in [4.78, 5) is 25.4. The highest BCUT2D eigenvalue weighted by Gasteiger charge is 2.26. The predicted molar refractivity (Wildman–Crippen MR) is 109 cm³/mol. The highest BCUT2D eigenvalue weighted by molar-refractivity contribution is 6.32. The van der Waals surface area contributed by atoms with Gasteiger partial charge in [-0.3, -0.25) is 4.79 Å². The van der Waals surface area contributed by atoms with Crippen molar-refractivity contribution in [2.45, 2.75) is 6.10 Å². The Kier molecular flexibility index (Phi) is 6.36. The molecular weight excluding hydrogens is 394 g/mol. The molecule has 0 saturated heterocycles. The normalized spacial score (nSPS) is 11.4. The number of anilines is 1. The summed E-state index contributed by atoms with van der Waals surface area (Å²) in [5.41, 5.74) is 1.16. The second-order valence-electron chi connectivity index (χ2n) is 6.08. The lowest BCUT2D eigenvalue weighted by atomic mass is 10.1. The average Bonchev–Trinajstić information content (AvgIpc) is 2.73. The largest absolute Gasteiger partial charge is 0.508 e. The van der Waals surface area contributed by atoms with Gasteiger partial charge < -0.3 is 19.9 Å². The van der Waals surface area contributed by atoms with Gasteiger partial charge in [-0.2, -0.15) is 0 Å². The van der Waals surface area contributed by atoms with Gasteiger partial charge in [0, 0.05) is 11.3 Å². The van der Waals surface area contributed by atoms with Crippen LogP contribution in [0, 0.1) is 0 Å². The number of phenolic OH excluding ortho intramolecular Hbond substituents is 1. The Bertz CT molecular complexity index is 1010. The summed E-state index contributed by atoms with van der Waals surface area (Å²) in [6.07, 6.45) is -1.18. The second-order valence-corrected chi connectivity index (χ2v) is 6.49. The number of aromatic hydroxyl groups is 1. The van der Waals surface area contributed by atoms with E-state index in [0.29, 0.717) is 22.0 Å². The molecule has 0 aliphatic carbocycles. The molecule has 0 aromatic heterocycles. The third-order valence-electron chi connectivity index (χ3n) is 4.09. The molecule has 0 unspecified atom stereocenters. The monoisotopic (exact) mass is 411 g/mol. The van der Waals surface area contributed by atoms with Crippen LogP contribution in [0.4, 0.5) is 5.69 Å². The third-order valence-corrected chi connectivity index (χ3v) is 4.38. The molecule has 0 fully saturated rings. The molecule has 1 amide bonds. The smallest absolute Gasteiger partial charge is 0.339 e. The van der Waals surface area contributed by atoms with Crippen LogP contribution in [0.5, 0.6) is 11.5 Å². The van der Waals surface area contributed by atoms with E-state index in [-0.39, 0.29) is 11.3 Å². The van der Waals surface area contributed by atoms with E-state index in [1.54, 1.807) is 48.5 Å².